The average molecular weight is 327 g/mol. The molecule has 3 aromatic rings. The molecule has 4 heterocycles. The summed E-state index contributed by atoms with van der Waals surface area (Å²) in [7, 11) is 0. The number of thiophene rings is 1. The molecule has 1 aliphatic rings. The fourth-order valence-corrected chi connectivity index (χ4v) is 3.87. The van der Waals surface area contributed by atoms with Gasteiger partial charge in [0.05, 0.1) is 11.1 Å². The van der Waals surface area contributed by atoms with Gasteiger partial charge in [-0.25, -0.2) is 4.98 Å². The number of aromatic nitrogens is 2. The first-order valence-electron chi connectivity index (χ1n) is 7.83. The van der Waals surface area contributed by atoms with Gasteiger partial charge in [-0.2, -0.15) is 0 Å². The van der Waals surface area contributed by atoms with Crippen LogP contribution in [0.2, 0.25) is 0 Å². The summed E-state index contributed by atoms with van der Waals surface area (Å²) >= 11 is 1.38. The van der Waals surface area contributed by atoms with Gasteiger partial charge in [0, 0.05) is 19.3 Å². The summed E-state index contributed by atoms with van der Waals surface area (Å²) in [5.41, 5.74) is 1.51. The molecule has 0 aliphatic carbocycles. The zero-order chi connectivity index (χ0) is 16.0. The Kier molecular flexibility index (Phi) is 3.41. The lowest BCUT2D eigenvalue weighted by atomic mass is 9.99. The first kappa shape index (κ1) is 14.4. The van der Waals surface area contributed by atoms with Crippen molar-refractivity contribution in [2.24, 2.45) is 5.92 Å². The van der Waals surface area contributed by atoms with Gasteiger partial charge in [0.1, 0.15) is 4.70 Å². The van der Waals surface area contributed by atoms with Crippen LogP contribution in [0.15, 0.2) is 34.6 Å². The van der Waals surface area contributed by atoms with Crippen LogP contribution in [0.5, 0.6) is 0 Å². The molecule has 0 N–H and O–H groups in total. The average Bonchev–Trinajstić information content (AvgIpc) is 3.03. The summed E-state index contributed by atoms with van der Waals surface area (Å²) < 4.78 is 2.11. The Hall–Kier alpha value is -2.21. The number of pyridine rings is 1. The number of amides is 1. The third-order valence-corrected chi connectivity index (χ3v) is 5.44. The van der Waals surface area contributed by atoms with Gasteiger partial charge in [0.25, 0.3) is 11.5 Å². The van der Waals surface area contributed by atoms with Crippen molar-refractivity contribution in [2.45, 2.75) is 19.8 Å². The fraction of sp³-hybridized carbons (Fsp3) is 0.353. The van der Waals surface area contributed by atoms with Crippen molar-refractivity contribution < 1.29 is 4.79 Å². The summed E-state index contributed by atoms with van der Waals surface area (Å²) in [6.07, 6.45) is 3.73. The zero-order valence-electron chi connectivity index (χ0n) is 12.9. The van der Waals surface area contributed by atoms with E-state index in [-0.39, 0.29) is 11.5 Å². The number of piperidine rings is 1. The van der Waals surface area contributed by atoms with E-state index >= 15 is 0 Å². The molecule has 0 bridgehead atoms. The molecule has 0 spiro atoms. The van der Waals surface area contributed by atoms with E-state index < -0.39 is 0 Å². The molecule has 0 unspecified atom stereocenters. The molecule has 0 aromatic carbocycles. The van der Waals surface area contributed by atoms with Crippen molar-refractivity contribution in [3.05, 3.63) is 45.7 Å². The Morgan fingerprint density at radius 3 is 2.87 bits per heavy atom. The van der Waals surface area contributed by atoms with Crippen LogP contribution >= 0.6 is 11.3 Å². The maximum Gasteiger partial charge on any atom is 0.275 e. The summed E-state index contributed by atoms with van der Waals surface area (Å²) in [6.45, 7) is 3.76. The monoisotopic (exact) mass is 327 g/mol. The highest BCUT2D eigenvalue weighted by Crippen LogP contribution is 2.21. The minimum Gasteiger partial charge on any atom is -0.339 e. The number of likely N-dealkylation sites (tertiary alicyclic amines) is 1. The lowest BCUT2D eigenvalue weighted by molar-refractivity contribution is 0.0698. The molecule has 1 fully saturated rings. The van der Waals surface area contributed by atoms with Gasteiger partial charge in [-0.15, -0.1) is 11.3 Å². The molecule has 118 valence electrons. The lowest BCUT2D eigenvalue weighted by Gasteiger charge is -2.30. The number of carbonyl (C=O) groups excluding carboxylic acids is 1. The molecule has 23 heavy (non-hydrogen) atoms. The van der Waals surface area contributed by atoms with Crippen molar-refractivity contribution in [1.29, 1.82) is 0 Å². The van der Waals surface area contributed by atoms with Gasteiger partial charge in [-0.1, -0.05) is 6.92 Å². The van der Waals surface area contributed by atoms with E-state index in [0.717, 1.165) is 25.9 Å². The summed E-state index contributed by atoms with van der Waals surface area (Å²) in [6, 6.07) is 5.33. The molecule has 0 saturated carbocycles. The molecule has 1 amide bonds. The quantitative estimate of drug-likeness (QED) is 0.690. The maximum atomic E-state index is 12.9. The Morgan fingerprint density at radius 2 is 2.09 bits per heavy atom. The van der Waals surface area contributed by atoms with Gasteiger partial charge in [-0.05, 0) is 42.3 Å². The zero-order valence-corrected chi connectivity index (χ0v) is 13.7. The van der Waals surface area contributed by atoms with E-state index in [2.05, 4.69) is 11.9 Å². The van der Waals surface area contributed by atoms with E-state index in [4.69, 9.17) is 0 Å². The van der Waals surface area contributed by atoms with Crippen molar-refractivity contribution in [3.63, 3.8) is 0 Å². The largest absolute Gasteiger partial charge is 0.339 e. The highest BCUT2D eigenvalue weighted by atomic mass is 32.1. The standard InChI is InChI=1S/C17H17N3O2S/c1-11-4-8-19(9-5-11)16(21)12-3-2-7-20-15(12)18-13-6-10-23-14(13)17(20)22/h2-3,6-7,10-11H,4-5,8-9H2,1H3. The highest BCUT2D eigenvalue weighted by Gasteiger charge is 2.24. The fourth-order valence-electron chi connectivity index (χ4n) is 3.10. The summed E-state index contributed by atoms with van der Waals surface area (Å²) in [5.74, 6) is 0.634. The van der Waals surface area contributed by atoms with Crippen LogP contribution in [-0.2, 0) is 0 Å². The Labute approximate surface area is 137 Å². The second kappa shape index (κ2) is 5.45. The predicted molar refractivity (Wildman–Crippen MR) is 91.1 cm³/mol. The van der Waals surface area contributed by atoms with Gasteiger partial charge in [0.2, 0.25) is 0 Å². The first-order valence-corrected chi connectivity index (χ1v) is 8.71. The number of rotatable bonds is 1. The number of carbonyl (C=O) groups is 1. The van der Waals surface area contributed by atoms with Crippen LogP contribution in [0.3, 0.4) is 0 Å². The maximum absolute atomic E-state index is 12.9. The van der Waals surface area contributed by atoms with Crippen molar-refractivity contribution in [1.82, 2.24) is 14.3 Å². The Morgan fingerprint density at radius 1 is 1.30 bits per heavy atom. The van der Waals surface area contributed by atoms with Crippen LogP contribution in [0, 0.1) is 5.92 Å². The SMILES string of the molecule is CC1CCN(C(=O)c2cccn3c(=O)c4sccc4nc23)CC1. The number of hydrogen-bond donors (Lipinski definition) is 0. The normalized spacial score (nSPS) is 16.3. The first-order chi connectivity index (χ1) is 11.1. The van der Waals surface area contributed by atoms with Crippen LogP contribution in [0.25, 0.3) is 15.9 Å². The van der Waals surface area contributed by atoms with E-state index in [0.29, 0.717) is 27.3 Å². The van der Waals surface area contributed by atoms with Gasteiger partial charge >= 0.3 is 0 Å². The molecular weight excluding hydrogens is 310 g/mol. The number of nitrogens with zero attached hydrogens (tertiary/aromatic N) is 3. The van der Waals surface area contributed by atoms with Crippen molar-refractivity contribution in [3.8, 4) is 0 Å². The molecule has 6 heteroatoms. The molecule has 3 aromatic heterocycles. The predicted octanol–water partition coefficient (Wildman–Crippen LogP) is 2.78. The second-order valence-electron chi connectivity index (χ2n) is 6.14. The van der Waals surface area contributed by atoms with Gasteiger partial charge < -0.3 is 4.90 Å². The number of fused-ring (bicyclic) bond motifs is 2. The van der Waals surface area contributed by atoms with Crippen LogP contribution in [-0.4, -0.2) is 33.3 Å². The minimum absolute atomic E-state index is 0.0310. The lowest BCUT2D eigenvalue weighted by Crippen LogP contribution is -2.38. The summed E-state index contributed by atoms with van der Waals surface area (Å²) in [4.78, 5) is 31.9. The van der Waals surface area contributed by atoms with E-state index in [1.165, 1.54) is 15.7 Å². The van der Waals surface area contributed by atoms with E-state index in [1.807, 2.05) is 16.3 Å². The number of hydrogen-bond acceptors (Lipinski definition) is 4. The third-order valence-electron chi connectivity index (χ3n) is 4.55. The molecule has 5 nitrogen and oxygen atoms in total. The van der Waals surface area contributed by atoms with Crippen molar-refractivity contribution in [2.75, 3.05) is 13.1 Å². The van der Waals surface area contributed by atoms with E-state index in [9.17, 15) is 9.59 Å². The van der Waals surface area contributed by atoms with Gasteiger partial charge in [-0.3, -0.25) is 14.0 Å². The van der Waals surface area contributed by atoms with Crippen LogP contribution in [0.4, 0.5) is 0 Å². The molecule has 0 atom stereocenters. The Bertz CT molecular complexity index is 951. The van der Waals surface area contributed by atoms with Crippen LogP contribution < -0.4 is 5.56 Å². The topological polar surface area (TPSA) is 54.7 Å². The molecule has 1 saturated heterocycles. The molecule has 0 radical (unpaired) electrons. The second-order valence-corrected chi connectivity index (χ2v) is 7.06. The van der Waals surface area contributed by atoms with E-state index in [1.54, 1.807) is 18.3 Å². The summed E-state index contributed by atoms with van der Waals surface area (Å²) in [5, 5.41) is 1.85. The molecule has 1 aliphatic heterocycles. The van der Waals surface area contributed by atoms with Gasteiger partial charge in [0.15, 0.2) is 5.65 Å². The Balaban J connectivity index is 1.85. The minimum atomic E-state index is -0.109. The smallest absolute Gasteiger partial charge is 0.275 e. The highest BCUT2D eigenvalue weighted by molar-refractivity contribution is 7.17. The van der Waals surface area contributed by atoms with Crippen molar-refractivity contribution >= 4 is 33.1 Å². The van der Waals surface area contributed by atoms with Crippen LogP contribution in [0.1, 0.15) is 30.1 Å². The third kappa shape index (κ3) is 2.34. The molecule has 4 rings (SSSR count). The molecular formula is C17H17N3O2S.